The predicted molar refractivity (Wildman–Crippen MR) is 75.4 cm³/mol. The summed E-state index contributed by atoms with van der Waals surface area (Å²) >= 11 is 0. The molecule has 2 aromatic heterocycles. The molecule has 25 heavy (non-hydrogen) atoms. The number of hydrogen-bond acceptors (Lipinski definition) is 8. The fourth-order valence-corrected chi connectivity index (χ4v) is 2.71. The first-order valence-electron chi connectivity index (χ1n) is 7.08. The van der Waals surface area contributed by atoms with Crippen LogP contribution in [-0.2, 0) is 11.2 Å². The lowest BCUT2D eigenvalue weighted by atomic mass is 9.83. The van der Waals surface area contributed by atoms with Crippen LogP contribution in [0.4, 0.5) is 4.39 Å². The van der Waals surface area contributed by atoms with E-state index in [0.717, 1.165) is 5.56 Å². The predicted octanol–water partition coefficient (Wildman–Crippen LogP) is 0.634. The molecule has 0 bridgehead atoms. The zero-order chi connectivity index (χ0) is 17.6. The molecule has 128 valence electrons. The number of halogens is 1. The van der Waals surface area contributed by atoms with Gasteiger partial charge in [0, 0.05) is 0 Å². The van der Waals surface area contributed by atoms with Crippen molar-refractivity contribution in [2.24, 2.45) is 0 Å². The van der Waals surface area contributed by atoms with Crippen LogP contribution in [0.5, 0.6) is 5.88 Å². The highest BCUT2D eigenvalue weighted by Crippen LogP contribution is 2.38. The van der Waals surface area contributed by atoms with E-state index in [9.17, 15) is 14.0 Å². The highest BCUT2D eigenvalue weighted by atomic mass is 19.1. The third-order valence-corrected chi connectivity index (χ3v) is 3.83. The van der Waals surface area contributed by atoms with Gasteiger partial charge in [-0.25, -0.2) is 23.2 Å². The van der Waals surface area contributed by atoms with Gasteiger partial charge in [-0.1, -0.05) is 11.2 Å². The van der Waals surface area contributed by atoms with E-state index in [1.807, 2.05) is 0 Å². The Labute approximate surface area is 137 Å². The van der Waals surface area contributed by atoms with Gasteiger partial charge in [0.25, 0.3) is 5.88 Å². The molecule has 0 saturated heterocycles. The van der Waals surface area contributed by atoms with Crippen LogP contribution in [0.25, 0.3) is 11.5 Å². The summed E-state index contributed by atoms with van der Waals surface area (Å²) < 4.78 is 28.8. The number of carbonyl (C=O) groups is 1. The normalized spacial score (nSPS) is 15.5. The highest BCUT2D eigenvalue weighted by molar-refractivity contribution is 5.69. The lowest BCUT2D eigenvalue weighted by Crippen LogP contribution is -2.31. The zero-order valence-electron chi connectivity index (χ0n) is 12.4. The van der Waals surface area contributed by atoms with Gasteiger partial charge >= 0.3 is 11.7 Å². The van der Waals surface area contributed by atoms with E-state index in [-0.39, 0.29) is 17.4 Å². The average molecular weight is 348 g/mol. The first-order chi connectivity index (χ1) is 12.0. The SMILES string of the molecule is O=C(O)COc1nonc1-c1noc(=O)n1[C@H]1Cc2ccc(F)cc21. The molecule has 4 rings (SSSR count). The summed E-state index contributed by atoms with van der Waals surface area (Å²) in [6.07, 6.45) is 0.473. The molecule has 11 heteroatoms. The number of carboxylic acid groups (broad SMARTS) is 1. The van der Waals surface area contributed by atoms with Gasteiger partial charge in [0.1, 0.15) is 5.82 Å². The molecule has 2 heterocycles. The van der Waals surface area contributed by atoms with Gasteiger partial charge in [-0.2, -0.15) is 0 Å². The Balaban J connectivity index is 1.74. The lowest BCUT2D eigenvalue weighted by Gasteiger charge is -2.30. The number of fused-ring (bicyclic) bond motifs is 1. The molecule has 1 aliphatic carbocycles. The molecule has 1 aliphatic rings. The number of hydrogen-bond donors (Lipinski definition) is 1. The molecule has 0 radical (unpaired) electrons. The van der Waals surface area contributed by atoms with Gasteiger partial charge in [-0.05, 0) is 40.0 Å². The van der Waals surface area contributed by atoms with Gasteiger partial charge < -0.3 is 9.84 Å². The second-order valence-corrected chi connectivity index (χ2v) is 5.31. The van der Waals surface area contributed by atoms with E-state index >= 15 is 0 Å². The molecule has 10 nitrogen and oxygen atoms in total. The molecule has 0 fully saturated rings. The van der Waals surface area contributed by atoms with E-state index in [2.05, 4.69) is 24.6 Å². The molecular weight excluding hydrogens is 339 g/mol. The number of carboxylic acids is 1. The summed E-state index contributed by atoms with van der Waals surface area (Å²) in [5, 5.41) is 19.4. The minimum atomic E-state index is -1.23. The van der Waals surface area contributed by atoms with Crippen molar-refractivity contribution in [2.75, 3.05) is 6.61 Å². The summed E-state index contributed by atoms with van der Waals surface area (Å²) in [7, 11) is 0. The van der Waals surface area contributed by atoms with Gasteiger partial charge in [0.2, 0.25) is 11.5 Å². The quantitative estimate of drug-likeness (QED) is 0.704. The number of ether oxygens (including phenoxy) is 1. The monoisotopic (exact) mass is 348 g/mol. The second-order valence-electron chi connectivity index (χ2n) is 5.31. The van der Waals surface area contributed by atoms with Crippen molar-refractivity contribution >= 4 is 5.97 Å². The molecule has 1 N–H and O–H groups in total. The third-order valence-electron chi connectivity index (χ3n) is 3.83. The molecule has 1 aromatic carbocycles. The lowest BCUT2D eigenvalue weighted by molar-refractivity contribution is -0.139. The van der Waals surface area contributed by atoms with Crippen molar-refractivity contribution in [3.05, 3.63) is 45.7 Å². The smallest absolute Gasteiger partial charge is 0.442 e. The zero-order valence-corrected chi connectivity index (χ0v) is 12.4. The Kier molecular flexibility index (Phi) is 3.34. The topological polar surface area (TPSA) is 133 Å². The second kappa shape index (κ2) is 5.54. The van der Waals surface area contributed by atoms with Crippen LogP contribution in [0.3, 0.4) is 0 Å². The van der Waals surface area contributed by atoms with Crippen molar-refractivity contribution < 1.29 is 28.2 Å². The van der Waals surface area contributed by atoms with Crippen LogP contribution in [-0.4, -0.2) is 37.7 Å². The maximum Gasteiger partial charge on any atom is 0.442 e. The summed E-state index contributed by atoms with van der Waals surface area (Å²) in [6, 6.07) is 3.81. The Morgan fingerprint density at radius 3 is 3.04 bits per heavy atom. The van der Waals surface area contributed by atoms with E-state index in [1.165, 1.54) is 16.7 Å². The van der Waals surface area contributed by atoms with Gasteiger partial charge in [-0.15, -0.1) is 0 Å². The molecule has 0 amide bonds. The van der Waals surface area contributed by atoms with Gasteiger partial charge in [0.15, 0.2) is 6.61 Å². The Morgan fingerprint density at radius 1 is 1.40 bits per heavy atom. The minimum absolute atomic E-state index is 0.0495. The maximum atomic E-state index is 13.5. The number of aliphatic carboxylic acids is 1. The third kappa shape index (κ3) is 2.45. The first-order valence-corrected chi connectivity index (χ1v) is 7.08. The van der Waals surface area contributed by atoms with Crippen LogP contribution in [0.15, 0.2) is 32.1 Å². The summed E-state index contributed by atoms with van der Waals surface area (Å²) in [6.45, 7) is -0.680. The van der Waals surface area contributed by atoms with Crippen molar-refractivity contribution in [1.82, 2.24) is 20.0 Å². The first kappa shape index (κ1) is 15.1. The maximum absolute atomic E-state index is 13.5. The fourth-order valence-electron chi connectivity index (χ4n) is 2.71. The van der Waals surface area contributed by atoms with Crippen molar-refractivity contribution in [3.8, 4) is 17.4 Å². The highest BCUT2D eigenvalue weighted by Gasteiger charge is 2.34. The average Bonchev–Trinajstić information content (AvgIpc) is 3.16. The molecule has 0 spiro atoms. The number of rotatable bonds is 5. The van der Waals surface area contributed by atoms with E-state index in [1.54, 1.807) is 6.07 Å². The molecule has 0 aliphatic heterocycles. The van der Waals surface area contributed by atoms with Gasteiger partial charge in [0.05, 0.1) is 6.04 Å². The van der Waals surface area contributed by atoms with E-state index in [0.29, 0.717) is 12.0 Å². The van der Waals surface area contributed by atoms with Gasteiger partial charge in [-0.3, -0.25) is 4.52 Å². The summed E-state index contributed by atoms with van der Waals surface area (Å²) in [5.41, 5.74) is 1.43. The van der Waals surface area contributed by atoms with Crippen LogP contribution in [0.2, 0.25) is 0 Å². The summed E-state index contributed by atoms with van der Waals surface area (Å²) in [4.78, 5) is 22.7. The van der Waals surface area contributed by atoms with Crippen molar-refractivity contribution in [3.63, 3.8) is 0 Å². The molecule has 0 unspecified atom stereocenters. The minimum Gasteiger partial charge on any atom is -0.479 e. The van der Waals surface area contributed by atoms with E-state index < -0.39 is 30.2 Å². The molecule has 3 aromatic rings. The van der Waals surface area contributed by atoms with Crippen LogP contribution < -0.4 is 10.5 Å². The summed E-state index contributed by atoms with van der Waals surface area (Å²) in [5.74, 6) is -2.73. The van der Waals surface area contributed by atoms with Crippen LogP contribution in [0.1, 0.15) is 17.2 Å². The standard InChI is InChI=1S/C14H9FN4O6/c15-7-2-1-6-3-9(8(6)4-7)19-12(17-24-14(19)22)11-13(18-25-16-11)23-5-10(20)21/h1-2,4,9H,3,5H2,(H,20,21)/t9-/m0/s1. The van der Waals surface area contributed by atoms with Crippen molar-refractivity contribution in [1.29, 1.82) is 0 Å². The Bertz CT molecular complexity index is 1020. The fraction of sp³-hybridized carbons (Fsp3) is 0.214. The Morgan fingerprint density at radius 2 is 2.24 bits per heavy atom. The molecular formula is C14H9FN4O6. The van der Waals surface area contributed by atoms with Crippen LogP contribution in [0, 0.1) is 5.82 Å². The largest absolute Gasteiger partial charge is 0.479 e. The molecule has 0 saturated carbocycles. The number of benzene rings is 1. The van der Waals surface area contributed by atoms with Crippen LogP contribution >= 0.6 is 0 Å². The van der Waals surface area contributed by atoms with Crippen molar-refractivity contribution in [2.45, 2.75) is 12.5 Å². The Hall–Kier alpha value is -3.50. The van der Waals surface area contributed by atoms with E-state index in [4.69, 9.17) is 9.84 Å². The number of aromatic nitrogens is 4. The number of nitrogens with zero attached hydrogens (tertiary/aromatic N) is 4. The molecule has 1 atom stereocenters.